The first kappa shape index (κ1) is 34.6. The number of methoxy groups -OCH3 is 1. The molecule has 0 saturated carbocycles. The average molecular weight is 666 g/mol. The van der Waals surface area contributed by atoms with E-state index in [1.165, 1.54) is 24.1 Å². The molecule has 0 aromatic heterocycles. The van der Waals surface area contributed by atoms with Crippen molar-refractivity contribution in [3.8, 4) is 5.75 Å². The molecule has 0 radical (unpaired) electrons. The van der Waals surface area contributed by atoms with Gasteiger partial charge in [-0.05, 0) is 35.7 Å². The fourth-order valence-corrected chi connectivity index (χ4v) is 5.79. The van der Waals surface area contributed by atoms with Gasteiger partial charge in [0.2, 0.25) is 21.8 Å². The Balaban J connectivity index is 2.13. The third-order valence-electron chi connectivity index (χ3n) is 6.78. The van der Waals surface area contributed by atoms with Crippen molar-refractivity contribution in [3.63, 3.8) is 0 Å². The number of nitrogens with zero attached hydrogens (tertiary/aromatic N) is 3. The smallest absolute Gasteiger partial charge is 0.271 e. The third-order valence-corrected chi connectivity index (χ3v) is 8.49. The van der Waals surface area contributed by atoms with Gasteiger partial charge in [0.05, 0.1) is 18.3 Å². The minimum absolute atomic E-state index is 0.000681. The van der Waals surface area contributed by atoms with Gasteiger partial charge in [0.25, 0.3) is 5.69 Å². The van der Waals surface area contributed by atoms with E-state index in [-0.39, 0.29) is 29.4 Å². The second-order valence-corrected chi connectivity index (χ2v) is 12.7. The summed E-state index contributed by atoms with van der Waals surface area (Å²) in [5.41, 5.74) is 0.643. The number of hydrogen-bond donors (Lipinski definition) is 1. The zero-order valence-corrected chi connectivity index (χ0v) is 26.9. The summed E-state index contributed by atoms with van der Waals surface area (Å²) in [6.07, 6.45) is 2.54. The number of nitrogens with one attached hydrogen (secondary N) is 1. The number of nitro benzene ring substituents is 1. The maximum atomic E-state index is 14.2. The summed E-state index contributed by atoms with van der Waals surface area (Å²) in [4.78, 5) is 40.0. The normalized spacial score (nSPS) is 11.8. The van der Waals surface area contributed by atoms with E-state index in [9.17, 15) is 28.1 Å². The van der Waals surface area contributed by atoms with Crippen molar-refractivity contribution in [1.29, 1.82) is 0 Å². The molecule has 2 amide bonds. The zero-order chi connectivity index (χ0) is 32.4. The quantitative estimate of drug-likeness (QED) is 0.133. The molecule has 3 aromatic carbocycles. The Hall–Kier alpha value is -3.87. The maximum Gasteiger partial charge on any atom is 0.271 e. The highest BCUT2D eigenvalue weighted by atomic mass is 35.5. The van der Waals surface area contributed by atoms with Crippen molar-refractivity contribution in [2.24, 2.45) is 0 Å². The van der Waals surface area contributed by atoms with Crippen LogP contribution < -0.4 is 14.4 Å². The van der Waals surface area contributed by atoms with Crippen LogP contribution in [0.3, 0.4) is 0 Å². The number of anilines is 1. The molecule has 1 atom stereocenters. The van der Waals surface area contributed by atoms with Crippen LogP contribution in [0.15, 0.2) is 66.7 Å². The van der Waals surface area contributed by atoms with Crippen molar-refractivity contribution in [2.45, 2.75) is 38.8 Å². The Labute approximate surface area is 266 Å². The van der Waals surface area contributed by atoms with E-state index in [4.69, 9.17) is 27.9 Å². The first-order valence-corrected chi connectivity index (χ1v) is 16.3. The monoisotopic (exact) mass is 664 g/mol. The van der Waals surface area contributed by atoms with Gasteiger partial charge in [0.1, 0.15) is 24.0 Å². The Kier molecular flexibility index (Phi) is 12.4. The number of amides is 2. The Morgan fingerprint density at radius 1 is 1.07 bits per heavy atom. The summed E-state index contributed by atoms with van der Waals surface area (Å²) < 4.78 is 32.2. The first-order valence-electron chi connectivity index (χ1n) is 13.7. The summed E-state index contributed by atoms with van der Waals surface area (Å²) in [6, 6.07) is 16.2. The predicted octanol–water partition coefficient (Wildman–Crippen LogP) is 5.23. The molecule has 0 bridgehead atoms. The van der Waals surface area contributed by atoms with Gasteiger partial charge in [-0.25, -0.2) is 8.42 Å². The van der Waals surface area contributed by atoms with Crippen LogP contribution in [-0.4, -0.2) is 62.6 Å². The maximum absolute atomic E-state index is 14.2. The molecule has 0 saturated heterocycles. The van der Waals surface area contributed by atoms with E-state index in [0.29, 0.717) is 17.1 Å². The molecule has 11 nitrogen and oxygen atoms in total. The van der Waals surface area contributed by atoms with Crippen LogP contribution in [0.1, 0.15) is 30.9 Å². The van der Waals surface area contributed by atoms with Gasteiger partial charge in [-0.1, -0.05) is 72.9 Å². The van der Waals surface area contributed by atoms with Crippen LogP contribution in [0.2, 0.25) is 10.0 Å². The third kappa shape index (κ3) is 9.31. The number of rotatable bonds is 15. The minimum Gasteiger partial charge on any atom is -0.495 e. The molecule has 0 spiro atoms. The molecule has 0 aliphatic carbocycles. The summed E-state index contributed by atoms with van der Waals surface area (Å²) in [6.45, 7) is 1.42. The van der Waals surface area contributed by atoms with Crippen molar-refractivity contribution >= 4 is 56.4 Å². The minimum atomic E-state index is -4.19. The number of halogens is 2. The molecular weight excluding hydrogens is 631 g/mol. The van der Waals surface area contributed by atoms with Gasteiger partial charge < -0.3 is 15.0 Å². The molecule has 0 heterocycles. The van der Waals surface area contributed by atoms with E-state index < -0.39 is 45.0 Å². The standard InChI is InChI=1S/C30H34Cl2N4O7S/c1-4-5-15-33-30(38)27(16-21-9-7-6-8-10-21)34(19-22-11-12-23(31)17-25(22)32)29(37)20-35(44(3,41)42)26-18-24(36(39)40)13-14-28(26)43-2/h6-14,17-18,27H,4-5,15-16,19-20H2,1-3H3,(H,33,38)/t27-/m0/s1. The van der Waals surface area contributed by atoms with Crippen LogP contribution in [-0.2, 0) is 32.6 Å². The lowest BCUT2D eigenvalue weighted by molar-refractivity contribution is -0.384. The molecule has 0 unspecified atom stereocenters. The van der Waals surface area contributed by atoms with Crippen LogP contribution in [0, 0.1) is 10.1 Å². The van der Waals surface area contributed by atoms with Crippen LogP contribution in [0.25, 0.3) is 0 Å². The van der Waals surface area contributed by atoms with E-state index in [2.05, 4.69) is 5.32 Å². The van der Waals surface area contributed by atoms with Crippen LogP contribution >= 0.6 is 23.2 Å². The van der Waals surface area contributed by atoms with E-state index in [1.54, 1.807) is 12.1 Å². The topological polar surface area (TPSA) is 139 Å². The number of unbranched alkanes of at least 4 members (excludes halogenated alkanes) is 1. The zero-order valence-electron chi connectivity index (χ0n) is 24.5. The second kappa shape index (κ2) is 15.7. The van der Waals surface area contributed by atoms with E-state index >= 15 is 0 Å². The first-order chi connectivity index (χ1) is 20.8. The molecule has 44 heavy (non-hydrogen) atoms. The average Bonchev–Trinajstić information content (AvgIpc) is 2.98. The summed E-state index contributed by atoms with van der Waals surface area (Å²) >= 11 is 12.6. The van der Waals surface area contributed by atoms with E-state index in [1.807, 2.05) is 37.3 Å². The molecule has 0 fully saturated rings. The van der Waals surface area contributed by atoms with Crippen molar-refractivity contribution in [1.82, 2.24) is 10.2 Å². The van der Waals surface area contributed by atoms with E-state index in [0.717, 1.165) is 41.1 Å². The number of sulfonamides is 1. The molecule has 3 rings (SSSR count). The highest BCUT2D eigenvalue weighted by Gasteiger charge is 2.34. The van der Waals surface area contributed by atoms with Crippen LogP contribution in [0.5, 0.6) is 5.75 Å². The SMILES string of the molecule is CCCCNC(=O)[C@H](Cc1ccccc1)N(Cc1ccc(Cl)cc1Cl)C(=O)CN(c1cc([N+](=O)[O-])ccc1OC)S(C)(=O)=O. The van der Waals surface area contributed by atoms with Crippen molar-refractivity contribution in [2.75, 3.05) is 30.8 Å². The van der Waals surface area contributed by atoms with Gasteiger partial charge in [-0.15, -0.1) is 0 Å². The second-order valence-electron chi connectivity index (χ2n) is 9.99. The number of hydrogen-bond acceptors (Lipinski definition) is 7. The lowest BCUT2D eigenvalue weighted by atomic mass is 10.0. The fourth-order valence-electron chi connectivity index (χ4n) is 4.48. The number of non-ortho nitro benzene ring substituents is 1. The Morgan fingerprint density at radius 3 is 2.36 bits per heavy atom. The molecular formula is C30H34Cl2N4O7S. The van der Waals surface area contributed by atoms with Gasteiger partial charge in [0, 0.05) is 41.7 Å². The summed E-state index contributed by atoms with van der Waals surface area (Å²) in [7, 11) is -2.92. The number of carbonyl (C=O) groups excluding carboxylic acids is 2. The van der Waals surface area contributed by atoms with Gasteiger partial charge in [-0.3, -0.25) is 24.0 Å². The highest BCUT2D eigenvalue weighted by Crippen LogP contribution is 2.34. The van der Waals surface area contributed by atoms with Crippen molar-refractivity contribution < 1.29 is 27.7 Å². The molecule has 0 aliphatic heterocycles. The van der Waals surface area contributed by atoms with Gasteiger partial charge in [0.15, 0.2) is 0 Å². The van der Waals surface area contributed by atoms with Crippen LogP contribution in [0.4, 0.5) is 11.4 Å². The van der Waals surface area contributed by atoms with Crippen molar-refractivity contribution in [3.05, 3.63) is 98.0 Å². The lowest BCUT2D eigenvalue weighted by Crippen LogP contribution is -2.53. The number of carbonyl (C=O) groups is 2. The number of benzene rings is 3. The summed E-state index contributed by atoms with van der Waals surface area (Å²) in [5, 5.41) is 15.0. The number of nitro groups is 1. The molecule has 14 heteroatoms. The predicted molar refractivity (Wildman–Crippen MR) is 171 cm³/mol. The summed E-state index contributed by atoms with van der Waals surface area (Å²) in [5.74, 6) is -1.18. The lowest BCUT2D eigenvalue weighted by Gasteiger charge is -2.34. The Morgan fingerprint density at radius 2 is 1.77 bits per heavy atom. The fraction of sp³-hybridized carbons (Fsp3) is 0.333. The largest absolute Gasteiger partial charge is 0.495 e. The van der Waals surface area contributed by atoms with Gasteiger partial charge >= 0.3 is 0 Å². The molecule has 1 N–H and O–H groups in total. The highest BCUT2D eigenvalue weighted by molar-refractivity contribution is 7.92. The molecule has 0 aliphatic rings. The molecule has 3 aromatic rings. The number of ether oxygens (including phenoxy) is 1. The molecule has 236 valence electrons. The van der Waals surface area contributed by atoms with Gasteiger partial charge in [-0.2, -0.15) is 0 Å². The Bertz CT molecular complexity index is 1590.